The van der Waals surface area contributed by atoms with Gasteiger partial charge in [-0.2, -0.15) is 0 Å². The molecule has 0 aromatic heterocycles. The highest BCUT2D eigenvalue weighted by molar-refractivity contribution is 5.99. The van der Waals surface area contributed by atoms with Crippen molar-refractivity contribution in [1.82, 2.24) is 10.2 Å². The lowest BCUT2D eigenvalue weighted by Gasteiger charge is -2.26. The summed E-state index contributed by atoms with van der Waals surface area (Å²) in [5.74, 6) is 1.63. The van der Waals surface area contributed by atoms with Gasteiger partial charge >= 0.3 is 0 Å². The predicted octanol–water partition coefficient (Wildman–Crippen LogP) is 0.664. The van der Waals surface area contributed by atoms with Crippen molar-refractivity contribution in [2.45, 2.75) is 6.42 Å². The summed E-state index contributed by atoms with van der Waals surface area (Å²) in [5, 5.41) is 3.28. The van der Waals surface area contributed by atoms with Crippen LogP contribution in [-0.4, -0.2) is 62.6 Å². The molecule has 1 aromatic rings. The van der Waals surface area contributed by atoms with E-state index in [1.807, 2.05) is 24.3 Å². The maximum Gasteiger partial charge on any atom is 0.260 e. The Labute approximate surface area is 130 Å². The van der Waals surface area contributed by atoms with Gasteiger partial charge in [-0.05, 0) is 30.7 Å². The third kappa shape index (κ3) is 3.76. The van der Waals surface area contributed by atoms with Crippen molar-refractivity contribution in [2.24, 2.45) is 4.99 Å². The topological polar surface area (TPSA) is 63.2 Å². The molecule has 1 saturated heterocycles. The number of carbonyl (C=O) groups excluding carboxylic acids is 1. The summed E-state index contributed by atoms with van der Waals surface area (Å²) in [5.41, 5.74) is 1.05. The fourth-order valence-electron chi connectivity index (χ4n) is 2.48. The predicted molar refractivity (Wildman–Crippen MR) is 83.4 cm³/mol. The van der Waals surface area contributed by atoms with Crippen LogP contribution in [0, 0.1) is 0 Å². The van der Waals surface area contributed by atoms with E-state index in [2.05, 4.69) is 10.3 Å². The number of benzene rings is 1. The molecule has 0 unspecified atom stereocenters. The van der Waals surface area contributed by atoms with Crippen LogP contribution >= 0.6 is 0 Å². The number of rotatable bonds is 4. The fourth-order valence-corrected chi connectivity index (χ4v) is 2.48. The lowest BCUT2D eigenvalue weighted by atomic mass is 10.2. The van der Waals surface area contributed by atoms with E-state index in [1.54, 1.807) is 4.90 Å². The van der Waals surface area contributed by atoms with Crippen molar-refractivity contribution in [2.75, 3.05) is 46.0 Å². The zero-order valence-electron chi connectivity index (χ0n) is 12.6. The highest BCUT2D eigenvalue weighted by atomic mass is 16.5. The van der Waals surface area contributed by atoms with Gasteiger partial charge in [-0.15, -0.1) is 0 Å². The van der Waals surface area contributed by atoms with E-state index in [1.165, 1.54) is 0 Å². The Hall–Kier alpha value is -2.08. The monoisotopic (exact) mass is 303 g/mol. The second-order valence-corrected chi connectivity index (χ2v) is 5.32. The van der Waals surface area contributed by atoms with E-state index in [0.29, 0.717) is 32.1 Å². The summed E-state index contributed by atoms with van der Waals surface area (Å²) in [7, 11) is 0. The Balaban J connectivity index is 1.52. The molecule has 118 valence electrons. The summed E-state index contributed by atoms with van der Waals surface area (Å²) in [4.78, 5) is 18.2. The van der Waals surface area contributed by atoms with Gasteiger partial charge in [0.2, 0.25) is 0 Å². The standard InChI is InChI=1S/C16H21N3O3/c20-15(19-8-10-21-11-9-19)12-22-14-4-2-13(3-5-14)16-17-6-1-7-18-16/h2-5H,1,6-12H2,(H,17,18). The van der Waals surface area contributed by atoms with E-state index < -0.39 is 0 Å². The second kappa shape index (κ2) is 7.26. The molecule has 1 amide bonds. The first kappa shape index (κ1) is 14.8. The first-order valence-electron chi connectivity index (χ1n) is 7.70. The van der Waals surface area contributed by atoms with Crippen LogP contribution in [0.25, 0.3) is 0 Å². The van der Waals surface area contributed by atoms with Gasteiger partial charge in [0.15, 0.2) is 6.61 Å². The molecule has 3 rings (SSSR count). The van der Waals surface area contributed by atoms with E-state index in [-0.39, 0.29) is 12.5 Å². The minimum atomic E-state index is 0.00528. The highest BCUT2D eigenvalue weighted by Gasteiger charge is 2.17. The van der Waals surface area contributed by atoms with Crippen molar-refractivity contribution in [3.63, 3.8) is 0 Å². The van der Waals surface area contributed by atoms with E-state index >= 15 is 0 Å². The number of nitrogens with zero attached hydrogens (tertiary/aromatic N) is 2. The molecule has 2 heterocycles. The van der Waals surface area contributed by atoms with Crippen molar-refractivity contribution >= 4 is 11.7 Å². The number of hydrogen-bond donors (Lipinski definition) is 1. The van der Waals surface area contributed by atoms with Crippen LogP contribution in [0.3, 0.4) is 0 Å². The van der Waals surface area contributed by atoms with Gasteiger partial charge in [-0.1, -0.05) is 0 Å². The first-order valence-corrected chi connectivity index (χ1v) is 7.70. The Morgan fingerprint density at radius 2 is 2.05 bits per heavy atom. The number of carbonyl (C=O) groups is 1. The average molecular weight is 303 g/mol. The number of nitrogens with one attached hydrogen (secondary N) is 1. The number of amidine groups is 1. The molecule has 0 aliphatic carbocycles. The molecular formula is C16H21N3O3. The Kier molecular flexibility index (Phi) is 4.90. The number of amides is 1. The lowest BCUT2D eigenvalue weighted by Crippen LogP contribution is -2.42. The lowest BCUT2D eigenvalue weighted by molar-refractivity contribution is -0.137. The highest BCUT2D eigenvalue weighted by Crippen LogP contribution is 2.13. The van der Waals surface area contributed by atoms with Crippen LogP contribution in [0.5, 0.6) is 5.75 Å². The quantitative estimate of drug-likeness (QED) is 0.888. The Morgan fingerprint density at radius 1 is 1.27 bits per heavy atom. The summed E-state index contributed by atoms with van der Waals surface area (Å²) in [6, 6.07) is 7.68. The van der Waals surface area contributed by atoms with Crippen molar-refractivity contribution in [3.8, 4) is 5.75 Å². The Bertz CT molecular complexity index is 536. The molecule has 2 aliphatic heterocycles. The molecule has 0 saturated carbocycles. The van der Waals surface area contributed by atoms with Gasteiger partial charge in [0, 0.05) is 31.7 Å². The molecule has 2 aliphatic rings. The van der Waals surface area contributed by atoms with Crippen molar-refractivity contribution in [3.05, 3.63) is 29.8 Å². The number of hydrogen-bond acceptors (Lipinski definition) is 5. The van der Waals surface area contributed by atoms with E-state index in [4.69, 9.17) is 9.47 Å². The minimum Gasteiger partial charge on any atom is -0.484 e. The normalized spacial score (nSPS) is 18.4. The average Bonchev–Trinajstić information content (AvgIpc) is 2.61. The number of ether oxygens (including phenoxy) is 2. The van der Waals surface area contributed by atoms with Crippen LogP contribution in [0.4, 0.5) is 0 Å². The molecule has 6 nitrogen and oxygen atoms in total. The Morgan fingerprint density at radius 3 is 2.73 bits per heavy atom. The molecule has 1 fully saturated rings. The van der Waals surface area contributed by atoms with Gasteiger partial charge in [0.25, 0.3) is 5.91 Å². The van der Waals surface area contributed by atoms with E-state index in [9.17, 15) is 4.79 Å². The van der Waals surface area contributed by atoms with Gasteiger partial charge in [-0.25, -0.2) is 0 Å². The largest absolute Gasteiger partial charge is 0.484 e. The third-order valence-corrected chi connectivity index (χ3v) is 3.75. The number of morpholine rings is 1. The first-order chi connectivity index (χ1) is 10.8. The molecule has 1 N–H and O–H groups in total. The van der Waals surface area contributed by atoms with Crippen molar-refractivity contribution in [1.29, 1.82) is 0 Å². The summed E-state index contributed by atoms with van der Waals surface area (Å²) < 4.78 is 10.8. The van der Waals surface area contributed by atoms with Crippen molar-refractivity contribution < 1.29 is 14.3 Å². The molecule has 0 radical (unpaired) electrons. The van der Waals surface area contributed by atoms with Crippen LogP contribution < -0.4 is 10.1 Å². The van der Waals surface area contributed by atoms with Gasteiger partial charge in [-0.3, -0.25) is 9.79 Å². The third-order valence-electron chi connectivity index (χ3n) is 3.75. The summed E-state index contributed by atoms with van der Waals surface area (Å²) in [6.45, 7) is 4.41. The molecule has 0 atom stereocenters. The molecule has 0 spiro atoms. The summed E-state index contributed by atoms with van der Waals surface area (Å²) >= 11 is 0. The zero-order chi connectivity index (χ0) is 15.2. The minimum absolute atomic E-state index is 0.00528. The number of aliphatic imine (C=N–C) groups is 1. The van der Waals surface area contributed by atoms with Gasteiger partial charge in [0.1, 0.15) is 11.6 Å². The summed E-state index contributed by atoms with van der Waals surface area (Å²) in [6.07, 6.45) is 1.08. The molecule has 22 heavy (non-hydrogen) atoms. The van der Waals surface area contributed by atoms with E-state index in [0.717, 1.165) is 30.9 Å². The molecule has 0 bridgehead atoms. The van der Waals surface area contributed by atoms with Gasteiger partial charge < -0.3 is 19.7 Å². The maximum atomic E-state index is 12.0. The van der Waals surface area contributed by atoms with Gasteiger partial charge in [0.05, 0.1) is 13.2 Å². The molecular weight excluding hydrogens is 282 g/mol. The van der Waals surface area contributed by atoms with Crippen LogP contribution in [0.1, 0.15) is 12.0 Å². The van der Waals surface area contributed by atoms with Crippen LogP contribution in [0.2, 0.25) is 0 Å². The second-order valence-electron chi connectivity index (χ2n) is 5.32. The SMILES string of the molecule is O=C(COc1ccc(C2=NCCCN2)cc1)N1CCOCC1. The fraction of sp³-hybridized carbons (Fsp3) is 0.500. The van der Waals surface area contributed by atoms with Crippen LogP contribution in [-0.2, 0) is 9.53 Å². The maximum absolute atomic E-state index is 12.0. The zero-order valence-corrected chi connectivity index (χ0v) is 12.6. The smallest absolute Gasteiger partial charge is 0.260 e. The molecule has 6 heteroatoms. The molecule has 1 aromatic carbocycles. The van der Waals surface area contributed by atoms with Crippen LogP contribution in [0.15, 0.2) is 29.3 Å².